The quantitative estimate of drug-likeness (QED) is 0.547. The van der Waals surface area contributed by atoms with Crippen LogP contribution >= 0.6 is 15.9 Å². The van der Waals surface area contributed by atoms with Crippen molar-refractivity contribution in [3.05, 3.63) is 33.9 Å². The van der Waals surface area contributed by atoms with E-state index in [1.54, 1.807) is 18.2 Å². The second-order valence-corrected chi connectivity index (χ2v) is 4.82. The number of primary amides is 1. The molecular weight excluding hydrogens is 330 g/mol. The predicted octanol–water partition coefficient (Wildman–Crippen LogP) is 0.493. The first-order chi connectivity index (χ1) is 9.45. The Balaban J connectivity index is 2.32. The Hall–Kier alpha value is -2.35. The average molecular weight is 340 g/mol. The lowest BCUT2D eigenvalue weighted by Gasteiger charge is -2.08. The van der Waals surface area contributed by atoms with Crippen molar-refractivity contribution in [1.29, 1.82) is 0 Å². The summed E-state index contributed by atoms with van der Waals surface area (Å²) in [5.74, 6) is -0.775. The second kappa shape index (κ2) is 5.74. The predicted molar refractivity (Wildman–Crippen MR) is 73.5 cm³/mol. The number of urea groups is 1. The van der Waals surface area contributed by atoms with Crippen LogP contribution in [-0.4, -0.2) is 24.5 Å². The minimum Gasteiger partial charge on any atom is -0.483 e. The summed E-state index contributed by atoms with van der Waals surface area (Å²) in [6.07, 6.45) is 1.45. The van der Waals surface area contributed by atoms with Crippen LogP contribution in [0, 0.1) is 0 Å². The molecule has 0 atom stereocenters. The maximum Gasteiger partial charge on any atom is 0.326 e. The highest BCUT2D eigenvalue weighted by Crippen LogP contribution is 2.25. The van der Waals surface area contributed by atoms with Gasteiger partial charge in [0.2, 0.25) is 0 Å². The van der Waals surface area contributed by atoms with Gasteiger partial charge in [-0.25, -0.2) is 4.79 Å². The maximum atomic E-state index is 11.5. The van der Waals surface area contributed by atoms with Crippen LogP contribution in [0.3, 0.4) is 0 Å². The third-order valence-electron chi connectivity index (χ3n) is 2.36. The Bertz CT molecular complexity index is 627. The fourth-order valence-electron chi connectivity index (χ4n) is 1.55. The fourth-order valence-corrected chi connectivity index (χ4v) is 1.93. The van der Waals surface area contributed by atoms with Gasteiger partial charge < -0.3 is 15.8 Å². The first-order valence-corrected chi connectivity index (χ1v) is 6.29. The molecule has 20 heavy (non-hydrogen) atoms. The minimum absolute atomic E-state index is 0.0945. The SMILES string of the molecule is NC(=O)COc1ccc(Br)cc1/C=C1/NC(=O)NC1=O. The third-order valence-corrected chi connectivity index (χ3v) is 2.85. The highest BCUT2D eigenvalue weighted by Gasteiger charge is 2.23. The van der Waals surface area contributed by atoms with E-state index in [1.807, 2.05) is 0 Å². The van der Waals surface area contributed by atoms with Gasteiger partial charge in [-0.2, -0.15) is 0 Å². The number of carbonyl (C=O) groups excluding carboxylic acids is 3. The van der Waals surface area contributed by atoms with Gasteiger partial charge in [0.1, 0.15) is 11.4 Å². The molecule has 4 N–H and O–H groups in total. The van der Waals surface area contributed by atoms with Crippen LogP contribution in [0.5, 0.6) is 5.75 Å². The van der Waals surface area contributed by atoms with E-state index < -0.39 is 17.8 Å². The molecule has 1 saturated heterocycles. The topological polar surface area (TPSA) is 111 Å². The highest BCUT2D eigenvalue weighted by atomic mass is 79.9. The number of nitrogens with two attached hydrogens (primary N) is 1. The third kappa shape index (κ3) is 3.35. The van der Waals surface area contributed by atoms with Gasteiger partial charge in [0.15, 0.2) is 6.61 Å². The molecular formula is C12H10BrN3O4. The van der Waals surface area contributed by atoms with E-state index in [1.165, 1.54) is 6.08 Å². The van der Waals surface area contributed by atoms with Crippen LogP contribution in [0.25, 0.3) is 6.08 Å². The van der Waals surface area contributed by atoms with Gasteiger partial charge in [0.05, 0.1) is 0 Å². The molecule has 4 amide bonds. The van der Waals surface area contributed by atoms with Crippen molar-refractivity contribution in [2.45, 2.75) is 0 Å². The molecule has 1 aromatic rings. The lowest BCUT2D eigenvalue weighted by molar-refractivity contribution is -0.120. The molecule has 7 nitrogen and oxygen atoms in total. The van der Waals surface area contributed by atoms with Gasteiger partial charge in [-0.05, 0) is 24.3 Å². The molecule has 0 aliphatic carbocycles. The highest BCUT2D eigenvalue weighted by molar-refractivity contribution is 9.10. The van der Waals surface area contributed by atoms with Gasteiger partial charge in [-0.15, -0.1) is 0 Å². The minimum atomic E-state index is -0.613. The van der Waals surface area contributed by atoms with Crippen LogP contribution in [-0.2, 0) is 9.59 Å². The summed E-state index contributed by atoms with van der Waals surface area (Å²) >= 11 is 3.29. The number of hydrogen-bond donors (Lipinski definition) is 3. The summed E-state index contributed by atoms with van der Waals surface area (Å²) in [6, 6.07) is 4.43. The van der Waals surface area contributed by atoms with E-state index in [0.29, 0.717) is 11.3 Å². The molecule has 8 heteroatoms. The van der Waals surface area contributed by atoms with Crippen LogP contribution in [0.1, 0.15) is 5.56 Å². The molecule has 1 aliphatic heterocycles. The molecule has 0 radical (unpaired) electrons. The molecule has 2 rings (SSSR count). The van der Waals surface area contributed by atoms with Crippen LogP contribution in [0.15, 0.2) is 28.4 Å². The largest absolute Gasteiger partial charge is 0.483 e. The number of nitrogens with one attached hydrogen (secondary N) is 2. The van der Waals surface area contributed by atoms with Crippen molar-refractivity contribution >= 4 is 39.9 Å². The monoisotopic (exact) mass is 339 g/mol. The lowest BCUT2D eigenvalue weighted by Crippen LogP contribution is -2.22. The zero-order chi connectivity index (χ0) is 14.7. The molecule has 0 spiro atoms. The Morgan fingerprint density at radius 1 is 1.35 bits per heavy atom. The lowest BCUT2D eigenvalue weighted by atomic mass is 10.1. The zero-order valence-corrected chi connectivity index (χ0v) is 11.7. The van der Waals surface area contributed by atoms with Crippen LogP contribution < -0.4 is 21.1 Å². The summed E-state index contributed by atoms with van der Waals surface area (Å²) in [6.45, 7) is -0.281. The van der Waals surface area contributed by atoms with E-state index in [4.69, 9.17) is 10.5 Å². The van der Waals surface area contributed by atoms with Crippen molar-refractivity contribution in [3.63, 3.8) is 0 Å². The number of hydrogen-bond acceptors (Lipinski definition) is 4. The van der Waals surface area contributed by atoms with Gasteiger partial charge in [0, 0.05) is 10.0 Å². The Morgan fingerprint density at radius 2 is 2.10 bits per heavy atom. The number of ether oxygens (including phenoxy) is 1. The van der Waals surface area contributed by atoms with Gasteiger partial charge >= 0.3 is 6.03 Å². The average Bonchev–Trinajstić information content (AvgIpc) is 2.66. The summed E-state index contributed by atoms with van der Waals surface area (Å²) in [5, 5.41) is 4.45. The van der Waals surface area contributed by atoms with Gasteiger partial charge in [0.25, 0.3) is 11.8 Å². The fraction of sp³-hybridized carbons (Fsp3) is 0.0833. The van der Waals surface area contributed by atoms with Crippen molar-refractivity contribution in [2.24, 2.45) is 5.73 Å². The molecule has 0 bridgehead atoms. The second-order valence-electron chi connectivity index (χ2n) is 3.90. The normalized spacial score (nSPS) is 15.9. The number of rotatable bonds is 4. The van der Waals surface area contributed by atoms with E-state index in [-0.39, 0.29) is 12.3 Å². The number of halogens is 1. The molecule has 0 aromatic heterocycles. The van der Waals surface area contributed by atoms with Gasteiger partial charge in [-0.1, -0.05) is 15.9 Å². The molecule has 1 aliphatic rings. The number of carbonyl (C=O) groups is 3. The van der Waals surface area contributed by atoms with Crippen molar-refractivity contribution in [3.8, 4) is 5.75 Å². The van der Waals surface area contributed by atoms with E-state index >= 15 is 0 Å². The summed E-state index contributed by atoms with van der Waals surface area (Å²) < 4.78 is 5.99. The first-order valence-electron chi connectivity index (χ1n) is 5.50. The van der Waals surface area contributed by atoms with Crippen LogP contribution in [0.2, 0.25) is 0 Å². The van der Waals surface area contributed by atoms with E-state index in [9.17, 15) is 14.4 Å². The number of benzene rings is 1. The zero-order valence-electron chi connectivity index (χ0n) is 10.1. The standard InChI is InChI=1S/C12H10BrN3O4/c13-7-1-2-9(20-5-10(14)17)6(3-7)4-8-11(18)16-12(19)15-8/h1-4H,5H2,(H2,14,17)(H2,15,16,18,19)/b8-4+. The maximum absolute atomic E-state index is 11.5. The van der Waals surface area contributed by atoms with Gasteiger partial charge in [-0.3, -0.25) is 14.9 Å². The first kappa shape index (κ1) is 14.1. The number of amides is 4. The van der Waals surface area contributed by atoms with Crippen molar-refractivity contribution in [2.75, 3.05) is 6.61 Å². The molecule has 104 valence electrons. The summed E-state index contributed by atoms with van der Waals surface area (Å²) in [4.78, 5) is 33.2. The number of imide groups is 1. The molecule has 1 heterocycles. The Labute approximate surface area is 122 Å². The molecule has 1 fully saturated rings. The van der Waals surface area contributed by atoms with Crippen molar-refractivity contribution < 1.29 is 19.1 Å². The summed E-state index contributed by atoms with van der Waals surface area (Å²) in [7, 11) is 0. The summed E-state index contributed by atoms with van der Waals surface area (Å²) in [5.41, 5.74) is 5.63. The van der Waals surface area contributed by atoms with E-state index in [2.05, 4.69) is 26.6 Å². The Morgan fingerprint density at radius 3 is 2.70 bits per heavy atom. The molecule has 0 saturated carbocycles. The molecule has 0 unspecified atom stereocenters. The Kier molecular flexibility index (Phi) is 4.04. The van der Waals surface area contributed by atoms with Crippen LogP contribution in [0.4, 0.5) is 4.79 Å². The van der Waals surface area contributed by atoms with E-state index in [0.717, 1.165) is 4.47 Å². The van der Waals surface area contributed by atoms with Crippen molar-refractivity contribution in [1.82, 2.24) is 10.6 Å². The molecule has 1 aromatic carbocycles. The smallest absolute Gasteiger partial charge is 0.326 e.